The van der Waals surface area contributed by atoms with Crippen molar-refractivity contribution < 1.29 is 8.42 Å². The zero-order valence-electron chi connectivity index (χ0n) is 12.4. The van der Waals surface area contributed by atoms with Crippen LogP contribution in [0.4, 0.5) is 5.69 Å². The second-order valence-electron chi connectivity index (χ2n) is 4.84. The quantitative estimate of drug-likeness (QED) is 0.701. The molecule has 3 aromatic rings. The summed E-state index contributed by atoms with van der Waals surface area (Å²) in [4.78, 5) is 5.84. The van der Waals surface area contributed by atoms with Crippen LogP contribution in [0.15, 0.2) is 87.7 Å². The average Bonchev–Trinajstić information content (AvgIpc) is 2.59. The number of anilines is 1. The number of sulfonamides is 1. The lowest BCUT2D eigenvalue weighted by Gasteiger charge is -2.13. The van der Waals surface area contributed by atoms with E-state index in [1.165, 1.54) is 11.8 Å². The van der Waals surface area contributed by atoms with Crippen LogP contribution in [0.25, 0.3) is 0 Å². The Labute approximate surface area is 150 Å². The lowest BCUT2D eigenvalue weighted by molar-refractivity contribution is 0.601. The van der Waals surface area contributed by atoms with Gasteiger partial charge in [-0.2, -0.15) is 0 Å². The third kappa shape index (κ3) is 4.08. The summed E-state index contributed by atoms with van der Waals surface area (Å²) in [5.74, 6) is 0. The molecule has 0 saturated heterocycles. The molecule has 0 fully saturated rings. The molecule has 0 radical (unpaired) electrons. The van der Waals surface area contributed by atoms with E-state index in [2.05, 4.69) is 9.71 Å². The first-order chi connectivity index (χ1) is 11.5. The molecule has 122 valence electrons. The standard InChI is InChI=1S/C17H13ClN2O2S2/c18-13-6-7-16(17(12-13)23-14-8-10-19-11-9-14)20-24(21,22)15-4-2-1-3-5-15/h1-12,20H. The Balaban J connectivity index is 1.94. The number of hydrogen-bond donors (Lipinski definition) is 1. The van der Waals surface area contributed by atoms with Crippen molar-refractivity contribution in [2.24, 2.45) is 0 Å². The van der Waals surface area contributed by atoms with Gasteiger partial charge in [-0.05, 0) is 42.5 Å². The van der Waals surface area contributed by atoms with E-state index < -0.39 is 10.0 Å². The van der Waals surface area contributed by atoms with E-state index >= 15 is 0 Å². The van der Waals surface area contributed by atoms with Crippen LogP contribution in [0.2, 0.25) is 5.02 Å². The second kappa shape index (κ2) is 7.25. The van der Waals surface area contributed by atoms with Crippen LogP contribution in [-0.2, 0) is 10.0 Å². The maximum absolute atomic E-state index is 12.5. The fourth-order valence-electron chi connectivity index (χ4n) is 2.00. The van der Waals surface area contributed by atoms with E-state index in [0.29, 0.717) is 15.6 Å². The first-order valence-electron chi connectivity index (χ1n) is 7.00. The molecule has 0 aliphatic heterocycles. The molecule has 0 unspecified atom stereocenters. The fraction of sp³-hybridized carbons (Fsp3) is 0. The number of aromatic nitrogens is 1. The Morgan fingerprint density at radius 2 is 1.67 bits per heavy atom. The van der Waals surface area contributed by atoms with Crippen molar-refractivity contribution in [3.63, 3.8) is 0 Å². The number of pyridine rings is 1. The molecular weight excluding hydrogens is 364 g/mol. The van der Waals surface area contributed by atoms with E-state index in [1.54, 1.807) is 60.9 Å². The fourth-order valence-corrected chi connectivity index (χ4v) is 4.33. The van der Waals surface area contributed by atoms with Gasteiger partial charge in [-0.25, -0.2) is 8.42 Å². The molecule has 0 amide bonds. The van der Waals surface area contributed by atoms with E-state index in [-0.39, 0.29) is 4.90 Å². The van der Waals surface area contributed by atoms with E-state index in [4.69, 9.17) is 11.6 Å². The molecule has 7 heteroatoms. The average molecular weight is 377 g/mol. The molecule has 0 aliphatic rings. The van der Waals surface area contributed by atoms with Gasteiger partial charge in [0.15, 0.2) is 0 Å². The highest BCUT2D eigenvalue weighted by atomic mass is 35.5. The van der Waals surface area contributed by atoms with Gasteiger partial charge < -0.3 is 0 Å². The van der Waals surface area contributed by atoms with Crippen LogP contribution < -0.4 is 4.72 Å². The Morgan fingerprint density at radius 1 is 0.958 bits per heavy atom. The summed E-state index contributed by atoms with van der Waals surface area (Å²) in [5.41, 5.74) is 0.477. The molecule has 0 aliphatic carbocycles. The van der Waals surface area contributed by atoms with Crippen LogP contribution in [0.5, 0.6) is 0 Å². The van der Waals surface area contributed by atoms with Crippen molar-refractivity contribution in [3.8, 4) is 0 Å². The highest BCUT2D eigenvalue weighted by Crippen LogP contribution is 2.36. The van der Waals surface area contributed by atoms with Crippen molar-refractivity contribution in [2.45, 2.75) is 14.7 Å². The second-order valence-corrected chi connectivity index (χ2v) is 8.08. The molecule has 0 spiro atoms. The van der Waals surface area contributed by atoms with Gasteiger partial charge >= 0.3 is 0 Å². The summed E-state index contributed by atoms with van der Waals surface area (Å²) in [6, 6.07) is 17.0. The molecule has 3 rings (SSSR count). The minimum absolute atomic E-state index is 0.208. The molecule has 1 heterocycles. The normalized spacial score (nSPS) is 11.2. The van der Waals surface area contributed by atoms with Crippen molar-refractivity contribution in [1.29, 1.82) is 0 Å². The van der Waals surface area contributed by atoms with Gasteiger partial charge in [0.25, 0.3) is 10.0 Å². The number of rotatable bonds is 5. The van der Waals surface area contributed by atoms with E-state index in [9.17, 15) is 8.42 Å². The lowest BCUT2D eigenvalue weighted by atomic mass is 10.3. The summed E-state index contributed by atoms with van der Waals surface area (Å²) in [7, 11) is -3.66. The predicted molar refractivity (Wildman–Crippen MR) is 97.1 cm³/mol. The third-order valence-electron chi connectivity index (χ3n) is 3.12. The highest BCUT2D eigenvalue weighted by Gasteiger charge is 2.16. The summed E-state index contributed by atoms with van der Waals surface area (Å²) >= 11 is 7.48. The van der Waals surface area contributed by atoms with Gasteiger partial charge in [0.2, 0.25) is 0 Å². The Hall–Kier alpha value is -2.02. The van der Waals surface area contributed by atoms with Crippen LogP contribution in [0, 0.1) is 0 Å². The first-order valence-corrected chi connectivity index (χ1v) is 9.68. The van der Waals surface area contributed by atoms with Crippen molar-refractivity contribution in [2.75, 3.05) is 4.72 Å². The van der Waals surface area contributed by atoms with Gasteiger partial charge in [-0.1, -0.05) is 41.6 Å². The molecule has 4 nitrogen and oxygen atoms in total. The molecular formula is C17H13ClN2O2S2. The van der Waals surface area contributed by atoms with Gasteiger partial charge in [0.1, 0.15) is 0 Å². The molecule has 0 atom stereocenters. The van der Waals surface area contributed by atoms with Gasteiger partial charge in [-0.15, -0.1) is 0 Å². The largest absolute Gasteiger partial charge is 0.278 e. The number of nitrogens with zero attached hydrogens (tertiary/aromatic N) is 1. The third-order valence-corrected chi connectivity index (χ3v) is 5.80. The number of benzene rings is 2. The van der Waals surface area contributed by atoms with Gasteiger partial charge in [0, 0.05) is 27.2 Å². The van der Waals surface area contributed by atoms with Gasteiger partial charge in [0.05, 0.1) is 10.6 Å². The molecule has 1 N–H and O–H groups in total. The van der Waals surface area contributed by atoms with Crippen LogP contribution in [-0.4, -0.2) is 13.4 Å². The Morgan fingerprint density at radius 3 is 2.38 bits per heavy atom. The van der Waals surface area contributed by atoms with Crippen LogP contribution in [0.1, 0.15) is 0 Å². The maximum atomic E-state index is 12.5. The van der Waals surface area contributed by atoms with E-state index in [1.807, 2.05) is 12.1 Å². The lowest BCUT2D eigenvalue weighted by Crippen LogP contribution is -2.13. The van der Waals surface area contributed by atoms with Crippen molar-refractivity contribution in [3.05, 3.63) is 78.1 Å². The summed E-state index contributed by atoms with van der Waals surface area (Å²) in [6.45, 7) is 0. The first kappa shape index (κ1) is 16.8. The molecule has 1 aromatic heterocycles. The highest BCUT2D eigenvalue weighted by molar-refractivity contribution is 7.99. The SMILES string of the molecule is O=S(=O)(Nc1ccc(Cl)cc1Sc1ccncc1)c1ccccc1. The van der Waals surface area contributed by atoms with Crippen LogP contribution >= 0.6 is 23.4 Å². The Kier molecular flexibility index (Phi) is 5.08. The summed E-state index contributed by atoms with van der Waals surface area (Å²) in [5, 5.41) is 0.536. The minimum atomic E-state index is -3.66. The van der Waals surface area contributed by atoms with Crippen molar-refractivity contribution >= 4 is 39.1 Å². The van der Waals surface area contributed by atoms with Crippen molar-refractivity contribution in [1.82, 2.24) is 4.98 Å². The zero-order chi connectivity index (χ0) is 17.0. The smallest absolute Gasteiger partial charge is 0.261 e. The molecule has 2 aromatic carbocycles. The van der Waals surface area contributed by atoms with E-state index in [0.717, 1.165) is 4.90 Å². The maximum Gasteiger partial charge on any atom is 0.261 e. The van der Waals surface area contributed by atoms with Gasteiger partial charge in [-0.3, -0.25) is 9.71 Å². The molecule has 0 bridgehead atoms. The summed E-state index contributed by atoms with van der Waals surface area (Å²) < 4.78 is 27.7. The monoisotopic (exact) mass is 376 g/mol. The number of hydrogen-bond acceptors (Lipinski definition) is 4. The molecule has 24 heavy (non-hydrogen) atoms. The summed E-state index contributed by atoms with van der Waals surface area (Å²) in [6.07, 6.45) is 3.36. The molecule has 0 saturated carbocycles. The van der Waals surface area contributed by atoms with Crippen LogP contribution in [0.3, 0.4) is 0 Å². The Bertz CT molecular complexity index is 933. The zero-order valence-corrected chi connectivity index (χ0v) is 14.8. The number of halogens is 1. The minimum Gasteiger partial charge on any atom is -0.278 e. The predicted octanol–water partition coefficient (Wildman–Crippen LogP) is 4.69. The topological polar surface area (TPSA) is 59.1 Å². The number of nitrogens with one attached hydrogen (secondary N) is 1.